The molecular formula is C16H16N2O. The summed E-state index contributed by atoms with van der Waals surface area (Å²) in [6.45, 7) is 1.59. The summed E-state index contributed by atoms with van der Waals surface area (Å²) in [7, 11) is 1.73. The van der Waals surface area contributed by atoms with Gasteiger partial charge in [0.05, 0.1) is 12.3 Å². The molecule has 3 rings (SSSR count). The number of aromatic nitrogens is 2. The van der Waals surface area contributed by atoms with Gasteiger partial charge in [0.25, 0.3) is 0 Å². The Bertz CT molecular complexity index is 674. The van der Waals surface area contributed by atoms with Crippen LogP contribution in [0.1, 0.15) is 0 Å². The van der Waals surface area contributed by atoms with Gasteiger partial charge in [0.2, 0.25) is 0 Å². The highest BCUT2D eigenvalue weighted by molar-refractivity contribution is 5.94. The van der Waals surface area contributed by atoms with E-state index in [1.807, 2.05) is 24.4 Å². The number of rotatable bonds is 4. The van der Waals surface area contributed by atoms with E-state index in [9.17, 15) is 0 Å². The monoisotopic (exact) mass is 252 g/mol. The molecule has 0 unspecified atom stereocenters. The van der Waals surface area contributed by atoms with Crippen LogP contribution >= 0.6 is 0 Å². The van der Waals surface area contributed by atoms with Crippen molar-refractivity contribution in [1.82, 2.24) is 9.55 Å². The lowest BCUT2D eigenvalue weighted by Gasteiger charge is -2.06. The number of hydrogen-bond acceptors (Lipinski definition) is 2. The van der Waals surface area contributed by atoms with Crippen molar-refractivity contribution < 1.29 is 4.74 Å². The number of pyridine rings is 1. The minimum Gasteiger partial charge on any atom is -0.383 e. The largest absolute Gasteiger partial charge is 0.383 e. The number of nitrogens with zero attached hydrogens (tertiary/aromatic N) is 2. The molecule has 0 atom stereocenters. The Kier molecular flexibility index (Phi) is 3.29. The van der Waals surface area contributed by atoms with Gasteiger partial charge in [0.15, 0.2) is 0 Å². The van der Waals surface area contributed by atoms with Crippen molar-refractivity contribution in [2.45, 2.75) is 6.54 Å². The molecule has 2 aromatic heterocycles. The van der Waals surface area contributed by atoms with Crippen molar-refractivity contribution in [3.63, 3.8) is 0 Å². The van der Waals surface area contributed by atoms with Crippen LogP contribution in [0.15, 0.2) is 54.9 Å². The SMILES string of the molecule is COCCn1ccc2c(-c3ccccn3)cccc21. The lowest BCUT2D eigenvalue weighted by Crippen LogP contribution is -2.02. The van der Waals surface area contributed by atoms with Gasteiger partial charge in [-0.1, -0.05) is 18.2 Å². The standard InChI is InChI=1S/C16H16N2O/c1-19-12-11-18-10-8-14-13(5-4-7-16(14)18)15-6-2-3-9-17-15/h2-10H,11-12H2,1H3. The molecule has 1 aromatic carbocycles. The lowest BCUT2D eigenvalue weighted by molar-refractivity contribution is 0.188. The second-order valence-electron chi connectivity index (χ2n) is 4.46. The van der Waals surface area contributed by atoms with Gasteiger partial charge in [-0.15, -0.1) is 0 Å². The fraction of sp³-hybridized carbons (Fsp3) is 0.188. The maximum atomic E-state index is 5.15. The smallest absolute Gasteiger partial charge is 0.0708 e. The molecule has 3 aromatic rings. The van der Waals surface area contributed by atoms with E-state index in [2.05, 4.69) is 40.0 Å². The number of benzene rings is 1. The summed E-state index contributed by atoms with van der Waals surface area (Å²) in [5.41, 5.74) is 3.41. The maximum Gasteiger partial charge on any atom is 0.0708 e. The molecule has 0 spiro atoms. The van der Waals surface area contributed by atoms with Gasteiger partial charge in [0.1, 0.15) is 0 Å². The topological polar surface area (TPSA) is 27.1 Å². The number of methoxy groups -OCH3 is 1. The Morgan fingerprint density at radius 3 is 2.84 bits per heavy atom. The zero-order chi connectivity index (χ0) is 13.1. The number of hydrogen-bond donors (Lipinski definition) is 0. The van der Waals surface area contributed by atoms with Gasteiger partial charge in [-0.2, -0.15) is 0 Å². The zero-order valence-electron chi connectivity index (χ0n) is 10.9. The average Bonchev–Trinajstić information content (AvgIpc) is 2.89. The van der Waals surface area contributed by atoms with Crippen LogP contribution in [-0.4, -0.2) is 23.3 Å². The van der Waals surface area contributed by atoms with Crippen molar-refractivity contribution in [3.8, 4) is 11.3 Å². The molecule has 0 saturated heterocycles. The summed E-state index contributed by atoms with van der Waals surface area (Å²) in [5.74, 6) is 0. The Hall–Kier alpha value is -2.13. The average molecular weight is 252 g/mol. The van der Waals surface area contributed by atoms with Crippen LogP contribution in [-0.2, 0) is 11.3 Å². The van der Waals surface area contributed by atoms with E-state index < -0.39 is 0 Å². The van der Waals surface area contributed by atoms with Gasteiger partial charge in [-0.25, -0.2) is 0 Å². The Morgan fingerprint density at radius 2 is 2.05 bits per heavy atom. The highest BCUT2D eigenvalue weighted by Crippen LogP contribution is 2.27. The third-order valence-corrected chi connectivity index (χ3v) is 3.29. The number of fused-ring (bicyclic) bond motifs is 1. The second-order valence-corrected chi connectivity index (χ2v) is 4.46. The van der Waals surface area contributed by atoms with E-state index in [-0.39, 0.29) is 0 Å². The van der Waals surface area contributed by atoms with Crippen LogP contribution < -0.4 is 0 Å². The zero-order valence-corrected chi connectivity index (χ0v) is 10.9. The molecule has 96 valence electrons. The molecule has 0 saturated carbocycles. The highest BCUT2D eigenvalue weighted by atomic mass is 16.5. The van der Waals surface area contributed by atoms with Crippen molar-refractivity contribution >= 4 is 10.9 Å². The van der Waals surface area contributed by atoms with Gasteiger partial charge in [0, 0.05) is 42.5 Å². The Labute approximate surface area is 112 Å². The molecule has 3 heteroatoms. The first kappa shape index (κ1) is 11.9. The fourth-order valence-corrected chi connectivity index (χ4v) is 2.35. The first-order valence-electron chi connectivity index (χ1n) is 6.38. The van der Waals surface area contributed by atoms with Crippen molar-refractivity contribution in [2.24, 2.45) is 0 Å². The summed E-state index contributed by atoms with van der Waals surface area (Å²) in [6, 6.07) is 14.5. The quantitative estimate of drug-likeness (QED) is 0.712. The summed E-state index contributed by atoms with van der Waals surface area (Å²) in [6.07, 6.45) is 3.94. The molecule has 0 aliphatic carbocycles. The van der Waals surface area contributed by atoms with Crippen LogP contribution in [0.25, 0.3) is 22.2 Å². The first-order valence-corrected chi connectivity index (χ1v) is 6.38. The van der Waals surface area contributed by atoms with Crippen LogP contribution in [0.4, 0.5) is 0 Å². The van der Waals surface area contributed by atoms with Crippen LogP contribution in [0.3, 0.4) is 0 Å². The van der Waals surface area contributed by atoms with E-state index in [4.69, 9.17) is 4.74 Å². The normalized spacial score (nSPS) is 11.0. The third kappa shape index (κ3) is 2.25. The van der Waals surface area contributed by atoms with E-state index >= 15 is 0 Å². The molecule has 3 nitrogen and oxygen atoms in total. The molecule has 2 heterocycles. The van der Waals surface area contributed by atoms with Gasteiger partial charge < -0.3 is 9.30 Å². The summed E-state index contributed by atoms with van der Waals surface area (Å²) in [5, 5.41) is 1.23. The molecule has 0 bridgehead atoms. The van der Waals surface area contributed by atoms with Gasteiger partial charge in [-0.3, -0.25) is 4.98 Å². The summed E-state index contributed by atoms with van der Waals surface area (Å²) >= 11 is 0. The van der Waals surface area contributed by atoms with Crippen LogP contribution in [0.5, 0.6) is 0 Å². The van der Waals surface area contributed by atoms with Crippen LogP contribution in [0, 0.1) is 0 Å². The lowest BCUT2D eigenvalue weighted by atomic mass is 10.1. The van der Waals surface area contributed by atoms with E-state index in [0.717, 1.165) is 18.8 Å². The highest BCUT2D eigenvalue weighted by Gasteiger charge is 2.07. The molecule has 0 aliphatic heterocycles. The minimum atomic E-state index is 0.720. The van der Waals surface area contributed by atoms with Crippen molar-refractivity contribution in [2.75, 3.05) is 13.7 Å². The van der Waals surface area contributed by atoms with Gasteiger partial charge in [-0.05, 0) is 24.3 Å². The van der Waals surface area contributed by atoms with Crippen LogP contribution in [0.2, 0.25) is 0 Å². The molecule has 0 fully saturated rings. The summed E-state index contributed by atoms with van der Waals surface area (Å²) < 4.78 is 7.36. The van der Waals surface area contributed by atoms with E-state index in [1.54, 1.807) is 7.11 Å². The molecule has 19 heavy (non-hydrogen) atoms. The maximum absolute atomic E-state index is 5.15. The Morgan fingerprint density at radius 1 is 1.11 bits per heavy atom. The van der Waals surface area contributed by atoms with Gasteiger partial charge >= 0.3 is 0 Å². The molecule has 0 radical (unpaired) electrons. The molecule has 0 aliphatic rings. The third-order valence-electron chi connectivity index (χ3n) is 3.29. The van der Waals surface area contributed by atoms with Crippen molar-refractivity contribution in [1.29, 1.82) is 0 Å². The predicted molar refractivity (Wildman–Crippen MR) is 77.0 cm³/mol. The first-order chi connectivity index (χ1) is 9.40. The predicted octanol–water partition coefficient (Wildman–Crippen LogP) is 3.35. The molecule has 0 N–H and O–H groups in total. The molecular weight excluding hydrogens is 236 g/mol. The number of ether oxygens (including phenoxy) is 1. The van der Waals surface area contributed by atoms with E-state index in [0.29, 0.717) is 0 Å². The second kappa shape index (κ2) is 5.24. The van der Waals surface area contributed by atoms with E-state index in [1.165, 1.54) is 16.5 Å². The summed E-state index contributed by atoms with van der Waals surface area (Å²) in [4.78, 5) is 4.44. The fourth-order valence-electron chi connectivity index (χ4n) is 2.35. The van der Waals surface area contributed by atoms with Crippen molar-refractivity contribution in [3.05, 3.63) is 54.9 Å². The Balaban J connectivity index is 2.10. The minimum absolute atomic E-state index is 0.720. The molecule has 0 amide bonds.